The van der Waals surface area contributed by atoms with Gasteiger partial charge >= 0.3 is 0 Å². The Morgan fingerprint density at radius 2 is 2.47 bits per heavy atom. The topological polar surface area (TPSA) is 62.7 Å². The van der Waals surface area contributed by atoms with Gasteiger partial charge in [-0.2, -0.15) is 0 Å². The zero-order valence-electron chi connectivity index (χ0n) is 10.7. The molecule has 1 aliphatic rings. The minimum absolute atomic E-state index is 0.0229. The Kier molecular flexibility index (Phi) is 6.36. The third-order valence-corrected chi connectivity index (χ3v) is 3.80. The quantitative estimate of drug-likeness (QED) is 0.686. The summed E-state index contributed by atoms with van der Waals surface area (Å²) in [5.41, 5.74) is 0. The first kappa shape index (κ1) is 14.3. The summed E-state index contributed by atoms with van der Waals surface area (Å²) in [4.78, 5) is 16.0. The molecule has 98 valence electrons. The highest BCUT2D eigenvalue weighted by Gasteiger charge is 2.21. The van der Waals surface area contributed by atoms with Gasteiger partial charge in [-0.15, -0.1) is 0 Å². The Labute approximate surface area is 107 Å². The lowest BCUT2D eigenvalue weighted by Crippen LogP contribution is -2.44. The number of rotatable bonds is 6. The van der Waals surface area contributed by atoms with E-state index >= 15 is 0 Å². The Hall–Kier alpha value is -0.750. The molecular weight excluding hydrogens is 238 g/mol. The maximum Gasteiger partial charge on any atom is 0.242 e. The van der Waals surface area contributed by atoms with Crippen molar-refractivity contribution in [2.75, 3.05) is 26.8 Å². The van der Waals surface area contributed by atoms with Crippen molar-refractivity contribution < 1.29 is 9.53 Å². The van der Waals surface area contributed by atoms with Crippen LogP contribution in [0.5, 0.6) is 0 Å². The molecule has 1 rings (SSSR count). The van der Waals surface area contributed by atoms with Crippen molar-refractivity contribution in [2.24, 2.45) is 4.99 Å². The average Bonchev–Trinajstić information content (AvgIpc) is 2.77. The van der Waals surface area contributed by atoms with Gasteiger partial charge in [-0.1, -0.05) is 18.7 Å². The van der Waals surface area contributed by atoms with Gasteiger partial charge in [-0.05, 0) is 13.3 Å². The molecule has 0 aromatic carbocycles. The Bertz CT molecular complexity index is 284. The molecule has 1 aliphatic heterocycles. The molecule has 0 spiro atoms. The third kappa shape index (κ3) is 4.95. The molecular formula is C11H21N3O2S. The van der Waals surface area contributed by atoms with E-state index in [0.717, 1.165) is 18.1 Å². The van der Waals surface area contributed by atoms with Gasteiger partial charge in [0.15, 0.2) is 5.17 Å². The van der Waals surface area contributed by atoms with Crippen LogP contribution < -0.4 is 10.6 Å². The highest BCUT2D eigenvalue weighted by Crippen LogP contribution is 2.22. The average molecular weight is 259 g/mol. The van der Waals surface area contributed by atoms with Crippen LogP contribution in [0, 0.1) is 0 Å². The highest BCUT2D eigenvalue weighted by atomic mass is 32.2. The summed E-state index contributed by atoms with van der Waals surface area (Å²) in [5.74, 6) is -0.0229. The number of nitrogens with zero attached hydrogens (tertiary/aromatic N) is 1. The normalized spacial score (nSPS) is 20.9. The standard InChI is InChI=1S/C11H21N3O2S/c1-4-9-7-13-11(17-9)14-8(2)10(15)12-5-6-16-3/h8-9H,4-7H2,1-3H3,(H,12,15)(H,13,14). The second kappa shape index (κ2) is 7.55. The lowest BCUT2D eigenvalue weighted by Gasteiger charge is -2.14. The van der Waals surface area contributed by atoms with Crippen molar-refractivity contribution in [3.63, 3.8) is 0 Å². The van der Waals surface area contributed by atoms with E-state index in [9.17, 15) is 4.79 Å². The largest absolute Gasteiger partial charge is 0.383 e. The van der Waals surface area contributed by atoms with Crippen LogP contribution in [0.4, 0.5) is 0 Å². The fraction of sp³-hybridized carbons (Fsp3) is 0.818. The minimum Gasteiger partial charge on any atom is -0.383 e. The first-order valence-corrected chi connectivity index (χ1v) is 6.79. The minimum atomic E-state index is -0.256. The Morgan fingerprint density at radius 3 is 3.06 bits per heavy atom. The second-order valence-electron chi connectivity index (χ2n) is 3.94. The first-order valence-electron chi connectivity index (χ1n) is 5.91. The summed E-state index contributed by atoms with van der Waals surface area (Å²) in [7, 11) is 1.61. The van der Waals surface area contributed by atoms with Gasteiger partial charge in [-0.3, -0.25) is 9.79 Å². The van der Waals surface area contributed by atoms with Crippen molar-refractivity contribution in [3.05, 3.63) is 0 Å². The fourth-order valence-electron chi connectivity index (χ4n) is 1.39. The smallest absolute Gasteiger partial charge is 0.242 e. The molecule has 0 aromatic rings. The number of nitrogens with one attached hydrogen (secondary N) is 2. The van der Waals surface area contributed by atoms with E-state index in [1.807, 2.05) is 6.92 Å². The number of thioether (sulfide) groups is 1. The van der Waals surface area contributed by atoms with Crippen LogP contribution in [0.1, 0.15) is 20.3 Å². The number of amidine groups is 1. The molecule has 0 fully saturated rings. The Morgan fingerprint density at radius 1 is 1.71 bits per heavy atom. The molecule has 0 aromatic heterocycles. The molecule has 0 bridgehead atoms. The van der Waals surface area contributed by atoms with Gasteiger partial charge in [0.05, 0.1) is 13.2 Å². The van der Waals surface area contributed by atoms with E-state index in [2.05, 4.69) is 22.5 Å². The number of ether oxygens (including phenoxy) is 1. The van der Waals surface area contributed by atoms with Gasteiger partial charge in [0, 0.05) is 18.9 Å². The van der Waals surface area contributed by atoms with Crippen molar-refractivity contribution in [1.29, 1.82) is 0 Å². The Balaban J connectivity index is 2.24. The molecule has 17 heavy (non-hydrogen) atoms. The van der Waals surface area contributed by atoms with Gasteiger partial charge < -0.3 is 15.4 Å². The van der Waals surface area contributed by atoms with Crippen LogP contribution in [0.15, 0.2) is 4.99 Å². The van der Waals surface area contributed by atoms with E-state index in [-0.39, 0.29) is 11.9 Å². The van der Waals surface area contributed by atoms with E-state index in [1.165, 1.54) is 0 Å². The second-order valence-corrected chi connectivity index (χ2v) is 5.23. The van der Waals surface area contributed by atoms with Crippen molar-refractivity contribution in [1.82, 2.24) is 10.6 Å². The summed E-state index contributed by atoms with van der Waals surface area (Å²) in [6.07, 6.45) is 1.10. The molecule has 2 atom stereocenters. The predicted molar refractivity (Wildman–Crippen MR) is 71.5 cm³/mol. The molecule has 2 unspecified atom stereocenters. The molecule has 1 amide bonds. The number of carbonyl (C=O) groups is 1. The number of hydrogen-bond acceptors (Lipinski definition) is 5. The molecule has 0 aliphatic carbocycles. The lowest BCUT2D eigenvalue weighted by molar-refractivity contribution is -0.122. The van der Waals surface area contributed by atoms with E-state index < -0.39 is 0 Å². The maximum absolute atomic E-state index is 11.7. The summed E-state index contributed by atoms with van der Waals surface area (Å²) >= 11 is 1.72. The summed E-state index contributed by atoms with van der Waals surface area (Å²) < 4.78 is 4.87. The molecule has 5 nitrogen and oxygen atoms in total. The van der Waals surface area contributed by atoms with Gasteiger partial charge in [0.2, 0.25) is 5.91 Å². The molecule has 2 N–H and O–H groups in total. The van der Waals surface area contributed by atoms with Crippen molar-refractivity contribution in [3.8, 4) is 0 Å². The summed E-state index contributed by atoms with van der Waals surface area (Å²) in [6.45, 7) is 5.91. The number of hydrogen-bond donors (Lipinski definition) is 2. The predicted octanol–water partition coefficient (Wildman–Crippen LogP) is 0.608. The summed E-state index contributed by atoms with van der Waals surface area (Å²) in [6, 6.07) is -0.256. The molecule has 0 radical (unpaired) electrons. The molecule has 0 saturated carbocycles. The monoisotopic (exact) mass is 259 g/mol. The summed E-state index contributed by atoms with van der Waals surface area (Å²) in [5, 5.41) is 7.36. The van der Waals surface area contributed by atoms with Crippen LogP contribution in [0.2, 0.25) is 0 Å². The van der Waals surface area contributed by atoms with Gasteiger partial charge in [0.25, 0.3) is 0 Å². The van der Waals surface area contributed by atoms with Crippen molar-refractivity contribution >= 4 is 22.8 Å². The zero-order valence-corrected chi connectivity index (χ0v) is 11.5. The SMILES string of the molecule is CCC1CN=C(NC(C)C(=O)NCCOC)S1. The highest BCUT2D eigenvalue weighted by molar-refractivity contribution is 8.14. The number of carbonyl (C=O) groups excluding carboxylic acids is 1. The number of aliphatic imine (C=N–C) groups is 1. The van der Waals surface area contributed by atoms with Crippen LogP contribution in [-0.4, -0.2) is 49.2 Å². The van der Waals surface area contributed by atoms with E-state index in [1.54, 1.807) is 18.9 Å². The third-order valence-electron chi connectivity index (χ3n) is 2.51. The molecule has 1 heterocycles. The zero-order chi connectivity index (χ0) is 12.7. The van der Waals surface area contributed by atoms with E-state index in [4.69, 9.17) is 4.74 Å². The van der Waals surface area contributed by atoms with Crippen LogP contribution in [-0.2, 0) is 9.53 Å². The molecule has 0 saturated heterocycles. The van der Waals surface area contributed by atoms with Gasteiger partial charge in [0.1, 0.15) is 6.04 Å². The van der Waals surface area contributed by atoms with Crippen LogP contribution >= 0.6 is 11.8 Å². The fourth-order valence-corrected chi connectivity index (χ4v) is 2.41. The van der Waals surface area contributed by atoms with E-state index in [0.29, 0.717) is 18.4 Å². The maximum atomic E-state index is 11.7. The number of methoxy groups -OCH3 is 1. The first-order chi connectivity index (χ1) is 8.17. The van der Waals surface area contributed by atoms with Gasteiger partial charge in [-0.25, -0.2) is 0 Å². The van der Waals surface area contributed by atoms with Crippen molar-refractivity contribution in [2.45, 2.75) is 31.6 Å². The number of amides is 1. The molecule has 6 heteroatoms. The lowest BCUT2D eigenvalue weighted by atomic mass is 10.3. The van der Waals surface area contributed by atoms with Crippen LogP contribution in [0.25, 0.3) is 0 Å². The van der Waals surface area contributed by atoms with Crippen LogP contribution in [0.3, 0.4) is 0 Å².